The molecule has 0 aliphatic carbocycles. The maximum absolute atomic E-state index is 12.2. The first-order valence-electron chi connectivity index (χ1n) is 7.88. The number of para-hydroxylation sites is 2. The largest absolute Gasteiger partial charge is 0.495 e. The van der Waals surface area contributed by atoms with E-state index >= 15 is 0 Å². The van der Waals surface area contributed by atoms with E-state index in [4.69, 9.17) is 9.47 Å². The molecule has 1 fully saturated rings. The van der Waals surface area contributed by atoms with Crippen molar-refractivity contribution in [1.82, 2.24) is 10.2 Å². The van der Waals surface area contributed by atoms with Crippen LogP contribution in [-0.4, -0.2) is 36.4 Å². The van der Waals surface area contributed by atoms with Gasteiger partial charge in [-0.25, -0.2) is 0 Å². The average molecular weight is 328 g/mol. The number of nitrogens with zero attached hydrogens (tertiary/aromatic N) is 2. The van der Waals surface area contributed by atoms with Crippen molar-refractivity contribution in [3.63, 3.8) is 0 Å². The van der Waals surface area contributed by atoms with Gasteiger partial charge < -0.3 is 20.1 Å². The van der Waals surface area contributed by atoms with Gasteiger partial charge in [0.25, 0.3) is 0 Å². The Bertz CT molecular complexity index is 684. The fourth-order valence-corrected chi connectivity index (χ4v) is 2.54. The second-order valence-electron chi connectivity index (χ2n) is 5.50. The number of carbonyl (C=O) groups excluding carboxylic acids is 1. The number of ether oxygens (including phenoxy) is 2. The number of nitrogens with one attached hydrogen (secondary N) is 2. The molecule has 1 aliphatic heterocycles. The Morgan fingerprint density at radius 3 is 2.54 bits per heavy atom. The van der Waals surface area contributed by atoms with Gasteiger partial charge in [0.1, 0.15) is 5.75 Å². The Balaban J connectivity index is 1.61. The van der Waals surface area contributed by atoms with Gasteiger partial charge in [-0.1, -0.05) is 12.1 Å². The first-order valence-corrected chi connectivity index (χ1v) is 7.88. The third-order valence-corrected chi connectivity index (χ3v) is 3.88. The van der Waals surface area contributed by atoms with Crippen LogP contribution in [0.3, 0.4) is 0 Å². The topological polar surface area (TPSA) is 85.4 Å². The zero-order valence-electron chi connectivity index (χ0n) is 13.5. The van der Waals surface area contributed by atoms with Crippen LogP contribution in [0.15, 0.2) is 36.4 Å². The lowest BCUT2D eigenvalue weighted by Crippen LogP contribution is -2.28. The van der Waals surface area contributed by atoms with Crippen molar-refractivity contribution in [2.75, 3.05) is 31.0 Å². The van der Waals surface area contributed by atoms with Gasteiger partial charge in [-0.3, -0.25) is 4.79 Å². The number of benzene rings is 1. The molecule has 0 radical (unpaired) electrons. The second-order valence-corrected chi connectivity index (χ2v) is 5.50. The summed E-state index contributed by atoms with van der Waals surface area (Å²) in [6.07, 6.45) is 1.49. The minimum atomic E-state index is -0.0296. The summed E-state index contributed by atoms with van der Waals surface area (Å²) < 4.78 is 10.5. The van der Waals surface area contributed by atoms with Gasteiger partial charge in [0.2, 0.25) is 5.91 Å². The predicted octanol–water partition coefficient (Wildman–Crippen LogP) is 2.59. The quantitative estimate of drug-likeness (QED) is 0.877. The van der Waals surface area contributed by atoms with Crippen molar-refractivity contribution in [3.8, 4) is 5.75 Å². The van der Waals surface area contributed by atoms with E-state index in [-0.39, 0.29) is 11.8 Å². The Hall–Kier alpha value is -2.67. The van der Waals surface area contributed by atoms with Gasteiger partial charge in [0, 0.05) is 19.1 Å². The molecule has 0 saturated carbocycles. The molecule has 126 valence electrons. The summed E-state index contributed by atoms with van der Waals surface area (Å²) in [6.45, 7) is 1.26. The first kappa shape index (κ1) is 16.2. The Labute approximate surface area is 140 Å². The highest BCUT2D eigenvalue weighted by Gasteiger charge is 2.21. The predicted molar refractivity (Wildman–Crippen MR) is 90.5 cm³/mol. The molecule has 2 N–H and O–H groups in total. The zero-order valence-corrected chi connectivity index (χ0v) is 13.5. The Morgan fingerprint density at radius 2 is 1.83 bits per heavy atom. The fourth-order valence-electron chi connectivity index (χ4n) is 2.54. The normalized spacial score (nSPS) is 14.9. The lowest BCUT2D eigenvalue weighted by atomic mass is 9.99. The number of aromatic nitrogens is 2. The van der Waals surface area contributed by atoms with Crippen LogP contribution in [0, 0.1) is 5.92 Å². The monoisotopic (exact) mass is 328 g/mol. The third-order valence-electron chi connectivity index (χ3n) is 3.88. The molecule has 2 aromatic rings. The van der Waals surface area contributed by atoms with E-state index in [9.17, 15) is 4.79 Å². The van der Waals surface area contributed by atoms with Crippen molar-refractivity contribution < 1.29 is 14.3 Å². The number of hydrogen-bond donors (Lipinski definition) is 2. The van der Waals surface area contributed by atoms with E-state index in [0.717, 1.165) is 24.3 Å². The molecule has 7 nitrogen and oxygen atoms in total. The number of rotatable bonds is 5. The van der Waals surface area contributed by atoms with E-state index < -0.39 is 0 Å². The SMILES string of the molecule is COc1ccccc1Nc1ccc(NC(=O)C2CCOCC2)nn1. The number of hydrogen-bond acceptors (Lipinski definition) is 6. The van der Waals surface area contributed by atoms with Gasteiger partial charge in [0.05, 0.1) is 12.8 Å². The van der Waals surface area contributed by atoms with E-state index in [1.54, 1.807) is 19.2 Å². The molecule has 24 heavy (non-hydrogen) atoms. The zero-order chi connectivity index (χ0) is 16.8. The molecular weight excluding hydrogens is 308 g/mol. The third kappa shape index (κ3) is 3.99. The minimum Gasteiger partial charge on any atom is -0.495 e. The second kappa shape index (κ2) is 7.74. The van der Waals surface area contributed by atoms with E-state index in [2.05, 4.69) is 20.8 Å². The highest BCUT2D eigenvalue weighted by atomic mass is 16.5. The highest BCUT2D eigenvalue weighted by molar-refractivity contribution is 5.91. The van der Waals surface area contributed by atoms with Crippen molar-refractivity contribution in [3.05, 3.63) is 36.4 Å². The smallest absolute Gasteiger partial charge is 0.228 e. The molecule has 3 rings (SSSR count). The van der Waals surface area contributed by atoms with Crippen LogP contribution in [0.25, 0.3) is 0 Å². The molecule has 0 unspecified atom stereocenters. The maximum atomic E-state index is 12.2. The van der Waals surface area contributed by atoms with E-state index in [0.29, 0.717) is 24.8 Å². The van der Waals surface area contributed by atoms with Crippen molar-refractivity contribution in [1.29, 1.82) is 0 Å². The van der Waals surface area contributed by atoms with Gasteiger partial charge in [-0.05, 0) is 37.1 Å². The van der Waals surface area contributed by atoms with Crippen molar-refractivity contribution >= 4 is 23.2 Å². The van der Waals surface area contributed by atoms with E-state index in [1.807, 2.05) is 24.3 Å². The summed E-state index contributed by atoms with van der Waals surface area (Å²) >= 11 is 0. The van der Waals surface area contributed by atoms with E-state index in [1.165, 1.54) is 0 Å². The molecule has 0 bridgehead atoms. The number of methoxy groups -OCH3 is 1. The minimum absolute atomic E-state index is 0.0214. The molecule has 1 aliphatic rings. The molecule has 1 saturated heterocycles. The molecule has 7 heteroatoms. The fraction of sp³-hybridized carbons (Fsp3) is 0.353. The van der Waals surface area contributed by atoms with Gasteiger partial charge in [-0.15, -0.1) is 10.2 Å². The summed E-state index contributed by atoms with van der Waals surface area (Å²) in [5, 5.41) is 14.1. The van der Waals surface area contributed by atoms with Crippen LogP contribution >= 0.6 is 0 Å². The van der Waals surface area contributed by atoms with Crippen LogP contribution < -0.4 is 15.4 Å². The molecule has 0 spiro atoms. The Kier molecular flexibility index (Phi) is 5.22. The number of carbonyl (C=O) groups is 1. The van der Waals surface area contributed by atoms with Crippen LogP contribution in [-0.2, 0) is 9.53 Å². The van der Waals surface area contributed by atoms with Crippen molar-refractivity contribution in [2.24, 2.45) is 5.92 Å². The van der Waals surface area contributed by atoms with Crippen molar-refractivity contribution in [2.45, 2.75) is 12.8 Å². The first-order chi connectivity index (χ1) is 11.8. The molecule has 1 aromatic carbocycles. The van der Waals surface area contributed by atoms with Crippen LogP contribution in [0.1, 0.15) is 12.8 Å². The van der Waals surface area contributed by atoms with Gasteiger partial charge in [0.15, 0.2) is 11.6 Å². The van der Waals surface area contributed by atoms with Gasteiger partial charge >= 0.3 is 0 Å². The molecular formula is C17H20N4O3. The summed E-state index contributed by atoms with van der Waals surface area (Å²) in [7, 11) is 1.61. The van der Waals surface area contributed by atoms with Gasteiger partial charge in [-0.2, -0.15) is 0 Å². The summed E-state index contributed by atoms with van der Waals surface area (Å²) in [4.78, 5) is 12.2. The average Bonchev–Trinajstić information content (AvgIpc) is 2.64. The molecule has 2 heterocycles. The summed E-state index contributed by atoms with van der Waals surface area (Å²) in [6, 6.07) is 11.0. The van der Waals surface area contributed by atoms with Crippen LogP contribution in [0.4, 0.5) is 17.3 Å². The molecule has 1 amide bonds. The highest BCUT2D eigenvalue weighted by Crippen LogP contribution is 2.26. The summed E-state index contributed by atoms with van der Waals surface area (Å²) in [5.41, 5.74) is 0.799. The maximum Gasteiger partial charge on any atom is 0.228 e. The number of amides is 1. The Morgan fingerprint density at radius 1 is 1.12 bits per heavy atom. The number of anilines is 3. The van der Waals surface area contributed by atoms with Crippen LogP contribution in [0.2, 0.25) is 0 Å². The lowest BCUT2D eigenvalue weighted by molar-refractivity contribution is -0.122. The molecule has 0 atom stereocenters. The molecule has 1 aromatic heterocycles. The summed E-state index contributed by atoms with van der Waals surface area (Å²) in [5.74, 6) is 1.68. The van der Waals surface area contributed by atoms with Crippen LogP contribution in [0.5, 0.6) is 5.75 Å². The standard InChI is InChI=1S/C17H20N4O3/c1-23-14-5-3-2-4-13(14)18-15-6-7-16(21-20-15)19-17(22)12-8-10-24-11-9-12/h2-7,12H,8-11H2,1H3,(H,18,20)(H,19,21,22). The lowest BCUT2D eigenvalue weighted by Gasteiger charge is -2.20.